The Labute approximate surface area is 199 Å². The summed E-state index contributed by atoms with van der Waals surface area (Å²) in [6, 6.07) is -2.95. The zero-order valence-corrected chi connectivity index (χ0v) is 21.1. The molecule has 9 nitrogen and oxygen atoms in total. The predicted molar refractivity (Wildman–Crippen MR) is 130 cm³/mol. The number of carboxylic acid groups (broad SMARTS) is 1. The van der Waals surface area contributed by atoms with Gasteiger partial charge in [0.15, 0.2) is 0 Å². The number of hydrogen-bond donors (Lipinski definition) is 5. The molecular weight excluding hydrogens is 452 g/mol. The second-order valence-electron chi connectivity index (χ2n) is 8.36. The fraction of sp³-hybridized carbons (Fsp3) is 0.810. The average molecular weight is 491 g/mol. The largest absolute Gasteiger partial charge is 0.480 e. The van der Waals surface area contributed by atoms with Gasteiger partial charge in [-0.05, 0) is 68.6 Å². The lowest BCUT2D eigenvalue weighted by atomic mass is 10.0. The molecule has 1 fully saturated rings. The van der Waals surface area contributed by atoms with Crippen LogP contribution in [-0.4, -0.2) is 83.5 Å². The minimum absolute atomic E-state index is 0.0889. The number of rotatable bonds is 15. The van der Waals surface area contributed by atoms with Crippen LogP contribution in [0.5, 0.6) is 0 Å². The molecule has 0 aliphatic carbocycles. The van der Waals surface area contributed by atoms with Crippen molar-refractivity contribution in [2.45, 2.75) is 70.1 Å². The fourth-order valence-electron chi connectivity index (χ4n) is 3.43. The van der Waals surface area contributed by atoms with Crippen LogP contribution >= 0.6 is 23.5 Å². The molecule has 5 N–H and O–H groups in total. The standard InChI is InChI=1S/C21H38N4O5S2/c1-13(2)12-17(21(29)30)25-20(28)16(8-11-32-4)24-19(27)15(7-10-31-3)23-18(26)14-6-5-9-22-14/h13-17,22H,5-12H2,1-4H3,(H,23,26)(H,24,27)(H,25,28)(H,29,30). The van der Waals surface area contributed by atoms with Crippen LogP contribution in [0.15, 0.2) is 0 Å². The van der Waals surface area contributed by atoms with Crippen LogP contribution in [-0.2, 0) is 19.2 Å². The number of carbonyl (C=O) groups is 4. The molecule has 1 rings (SSSR count). The van der Waals surface area contributed by atoms with Crippen molar-refractivity contribution in [2.24, 2.45) is 5.92 Å². The first kappa shape index (κ1) is 28.6. The number of thioether (sulfide) groups is 2. The highest BCUT2D eigenvalue weighted by Gasteiger charge is 2.31. The van der Waals surface area contributed by atoms with Gasteiger partial charge in [-0.1, -0.05) is 13.8 Å². The van der Waals surface area contributed by atoms with Gasteiger partial charge in [-0.25, -0.2) is 4.79 Å². The molecule has 3 amide bonds. The van der Waals surface area contributed by atoms with E-state index in [0.29, 0.717) is 30.8 Å². The minimum atomic E-state index is -1.10. The average Bonchev–Trinajstić information content (AvgIpc) is 3.27. The van der Waals surface area contributed by atoms with Crippen molar-refractivity contribution in [3.63, 3.8) is 0 Å². The first-order valence-electron chi connectivity index (χ1n) is 11.0. The molecule has 1 aliphatic heterocycles. The van der Waals surface area contributed by atoms with Crippen LogP contribution in [0.4, 0.5) is 0 Å². The third-order valence-corrected chi connectivity index (χ3v) is 6.47. The van der Waals surface area contributed by atoms with Crippen LogP contribution in [0.1, 0.15) is 46.0 Å². The summed E-state index contributed by atoms with van der Waals surface area (Å²) < 4.78 is 0. The lowest BCUT2D eigenvalue weighted by molar-refractivity contribution is -0.142. The van der Waals surface area contributed by atoms with Crippen molar-refractivity contribution in [2.75, 3.05) is 30.6 Å². The van der Waals surface area contributed by atoms with Gasteiger partial charge >= 0.3 is 5.97 Å². The molecule has 0 spiro atoms. The monoisotopic (exact) mass is 490 g/mol. The maximum atomic E-state index is 13.0. The number of nitrogens with one attached hydrogen (secondary N) is 4. The molecule has 4 atom stereocenters. The first-order valence-corrected chi connectivity index (χ1v) is 13.8. The van der Waals surface area contributed by atoms with Gasteiger partial charge in [-0.2, -0.15) is 23.5 Å². The van der Waals surface area contributed by atoms with E-state index < -0.39 is 35.9 Å². The molecule has 32 heavy (non-hydrogen) atoms. The molecule has 11 heteroatoms. The Hall–Kier alpha value is -1.46. The van der Waals surface area contributed by atoms with Gasteiger partial charge in [-0.3, -0.25) is 14.4 Å². The molecule has 0 saturated carbocycles. The summed E-state index contributed by atoms with van der Waals surface area (Å²) in [6.07, 6.45) is 6.56. The maximum Gasteiger partial charge on any atom is 0.326 e. The van der Waals surface area contributed by atoms with Crippen molar-refractivity contribution in [3.05, 3.63) is 0 Å². The number of carboxylic acids is 1. The normalized spacial score (nSPS) is 18.6. The van der Waals surface area contributed by atoms with Gasteiger partial charge < -0.3 is 26.4 Å². The summed E-state index contributed by atoms with van der Waals surface area (Å²) in [4.78, 5) is 49.9. The quantitative estimate of drug-likeness (QED) is 0.228. The Morgan fingerprint density at radius 2 is 1.47 bits per heavy atom. The fourth-order valence-corrected chi connectivity index (χ4v) is 4.37. The van der Waals surface area contributed by atoms with Crippen LogP contribution in [0.2, 0.25) is 0 Å². The highest BCUT2D eigenvalue weighted by Crippen LogP contribution is 2.10. The first-order chi connectivity index (χ1) is 15.2. The van der Waals surface area contributed by atoms with E-state index in [1.54, 1.807) is 11.8 Å². The van der Waals surface area contributed by atoms with E-state index in [1.165, 1.54) is 11.8 Å². The molecule has 0 aromatic rings. The van der Waals surface area contributed by atoms with E-state index in [9.17, 15) is 24.3 Å². The number of amides is 3. The summed E-state index contributed by atoms with van der Waals surface area (Å²) in [7, 11) is 0. The Morgan fingerprint density at radius 3 is 1.91 bits per heavy atom. The van der Waals surface area contributed by atoms with Crippen molar-refractivity contribution >= 4 is 47.2 Å². The highest BCUT2D eigenvalue weighted by molar-refractivity contribution is 7.98. The third kappa shape index (κ3) is 10.4. The van der Waals surface area contributed by atoms with Gasteiger partial charge in [0, 0.05) is 0 Å². The van der Waals surface area contributed by atoms with E-state index in [4.69, 9.17) is 0 Å². The summed E-state index contributed by atoms with van der Waals surface area (Å²) in [5.74, 6) is -0.879. The zero-order valence-electron chi connectivity index (χ0n) is 19.4. The van der Waals surface area contributed by atoms with E-state index in [-0.39, 0.29) is 17.9 Å². The van der Waals surface area contributed by atoms with E-state index in [2.05, 4.69) is 21.3 Å². The summed E-state index contributed by atoms with van der Waals surface area (Å²) in [5.41, 5.74) is 0. The lowest BCUT2D eigenvalue weighted by Gasteiger charge is -2.25. The van der Waals surface area contributed by atoms with Crippen molar-refractivity contribution in [3.8, 4) is 0 Å². The Kier molecular flexibility index (Phi) is 13.7. The third-order valence-electron chi connectivity index (χ3n) is 5.19. The van der Waals surface area contributed by atoms with E-state index >= 15 is 0 Å². The van der Waals surface area contributed by atoms with Crippen LogP contribution < -0.4 is 21.3 Å². The Morgan fingerprint density at radius 1 is 0.938 bits per heavy atom. The number of hydrogen-bond acceptors (Lipinski definition) is 7. The number of aliphatic carboxylic acids is 1. The Balaban J connectivity index is 2.86. The van der Waals surface area contributed by atoms with Crippen molar-refractivity contribution in [1.29, 1.82) is 0 Å². The maximum absolute atomic E-state index is 13.0. The smallest absolute Gasteiger partial charge is 0.326 e. The molecular formula is C21H38N4O5S2. The lowest BCUT2D eigenvalue weighted by Crippen LogP contribution is -2.57. The van der Waals surface area contributed by atoms with Gasteiger partial charge in [0.05, 0.1) is 6.04 Å². The van der Waals surface area contributed by atoms with Gasteiger partial charge in [-0.15, -0.1) is 0 Å². The zero-order chi connectivity index (χ0) is 24.1. The van der Waals surface area contributed by atoms with Gasteiger partial charge in [0.25, 0.3) is 0 Å². The molecule has 0 bridgehead atoms. The SMILES string of the molecule is CSCCC(NC(=O)C(CCSC)NC(=O)C1CCCN1)C(=O)NC(CC(C)C)C(=O)O. The second kappa shape index (κ2) is 15.4. The molecule has 0 aromatic carbocycles. The van der Waals surface area contributed by atoms with Crippen LogP contribution in [0.25, 0.3) is 0 Å². The minimum Gasteiger partial charge on any atom is -0.480 e. The molecule has 4 unspecified atom stereocenters. The van der Waals surface area contributed by atoms with Gasteiger partial charge in [0.1, 0.15) is 18.1 Å². The summed E-state index contributed by atoms with van der Waals surface area (Å²) >= 11 is 3.10. The van der Waals surface area contributed by atoms with Crippen molar-refractivity contribution in [1.82, 2.24) is 21.3 Å². The highest BCUT2D eigenvalue weighted by atomic mass is 32.2. The number of carbonyl (C=O) groups excluding carboxylic acids is 3. The predicted octanol–water partition coefficient (Wildman–Crippen LogP) is 0.830. The molecule has 1 aliphatic rings. The van der Waals surface area contributed by atoms with Crippen molar-refractivity contribution < 1.29 is 24.3 Å². The Bertz CT molecular complexity index is 629. The molecule has 1 heterocycles. The molecule has 0 radical (unpaired) electrons. The summed E-state index contributed by atoms with van der Waals surface area (Å²) in [5, 5.41) is 20.7. The second-order valence-corrected chi connectivity index (χ2v) is 10.3. The van der Waals surface area contributed by atoms with Gasteiger partial charge in [0.2, 0.25) is 17.7 Å². The molecule has 1 saturated heterocycles. The summed E-state index contributed by atoms with van der Waals surface area (Å²) in [6.45, 7) is 4.54. The van der Waals surface area contributed by atoms with Crippen LogP contribution in [0.3, 0.4) is 0 Å². The van der Waals surface area contributed by atoms with Crippen LogP contribution in [0, 0.1) is 5.92 Å². The molecule has 184 valence electrons. The van der Waals surface area contributed by atoms with E-state index in [0.717, 1.165) is 19.4 Å². The molecule has 0 aromatic heterocycles. The topological polar surface area (TPSA) is 137 Å². The van der Waals surface area contributed by atoms with E-state index in [1.807, 2.05) is 26.4 Å².